The fourth-order valence-electron chi connectivity index (χ4n) is 2.63. The van der Waals surface area contributed by atoms with Crippen molar-refractivity contribution in [3.63, 3.8) is 0 Å². The molecular formula is C18H11ClF3N2O3-. The minimum atomic E-state index is -4.64. The zero-order chi connectivity index (χ0) is 19.8. The second kappa shape index (κ2) is 6.96. The van der Waals surface area contributed by atoms with Crippen LogP contribution in [0.15, 0.2) is 42.6 Å². The third-order valence-electron chi connectivity index (χ3n) is 3.84. The molecule has 0 fully saturated rings. The molecule has 1 aromatic heterocycles. The molecule has 3 aromatic rings. The van der Waals surface area contributed by atoms with Crippen molar-refractivity contribution >= 4 is 39.8 Å². The predicted molar refractivity (Wildman–Crippen MR) is 92.4 cm³/mol. The SMILES string of the molecule is COc1ccc(Nc2c(C(=O)[O-])cnc3c(C(F)(F)F)cccc23)cc1Cl. The average Bonchev–Trinajstić information content (AvgIpc) is 2.60. The summed E-state index contributed by atoms with van der Waals surface area (Å²) >= 11 is 6.05. The van der Waals surface area contributed by atoms with Crippen LogP contribution < -0.4 is 15.2 Å². The molecule has 0 unspecified atom stereocenters. The zero-order valence-electron chi connectivity index (χ0n) is 13.7. The van der Waals surface area contributed by atoms with Crippen LogP contribution in [0.5, 0.6) is 5.75 Å². The molecule has 0 amide bonds. The van der Waals surface area contributed by atoms with Gasteiger partial charge in [-0.2, -0.15) is 13.2 Å². The van der Waals surface area contributed by atoms with E-state index < -0.39 is 17.7 Å². The first-order valence-electron chi connectivity index (χ1n) is 7.53. The van der Waals surface area contributed by atoms with Gasteiger partial charge < -0.3 is 20.0 Å². The van der Waals surface area contributed by atoms with E-state index in [-0.39, 0.29) is 27.2 Å². The second-order valence-corrected chi connectivity index (χ2v) is 5.92. The van der Waals surface area contributed by atoms with Crippen molar-refractivity contribution in [2.24, 2.45) is 0 Å². The number of para-hydroxylation sites is 1. The normalized spacial score (nSPS) is 11.4. The maximum atomic E-state index is 13.3. The number of halogens is 4. The highest BCUT2D eigenvalue weighted by Gasteiger charge is 2.33. The number of carbonyl (C=O) groups excluding carboxylic acids is 1. The number of pyridine rings is 1. The number of rotatable bonds is 4. The first-order chi connectivity index (χ1) is 12.7. The summed E-state index contributed by atoms with van der Waals surface area (Å²) in [6.45, 7) is 0. The molecule has 9 heteroatoms. The van der Waals surface area contributed by atoms with Gasteiger partial charge in [-0.1, -0.05) is 23.7 Å². The largest absolute Gasteiger partial charge is 0.545 e. The van der Waals surface area contributed by atoms with Crippen LogP contribution in [0.4, 0.5) is 24.5 Å². The van der Waals surface area contributed by atoms with Crippen molar-refractivity contribution in [1.29, 1.82) is 0 Å². The Balaban J connectivity index is 2.21. The van der Waals surface area contributed by atoms with Gasteiger partial charge in [0.25, 0.3) is 0 Å². The van der Waals surface area contributed by atoms with Crippen molar-refractivity contribution in [3.8, 4) is 5.75 Å². The van der Waals surface area contributed by atoms with Crippen molar-refractivity contribution in [2.75, 3.05) is 12.4 Å². The Morgan fingerprint density at radius 2 is 2.00 bits per heavy atom. The Morgan fingerprint density at radius 3 is 2.59 bits per heavy atom. The Labute approximate surface area is 156 Å². The molecule has 5 nitrogen and oxygen atoms in total. The molecule has 0 aliphatic carbocycles. The van der Waals surface area contributed by atoms with Gasteiger partial charge in [-0.3, -0.25) is 4.98 Å². The first kappa shape index (κ1) is 18.8. The molecule has 3 rings (SSSR count). The third kappa shape index (κ3) is 3.61. The van der Waals surface area contributed by atoms with E-state index in [2.05, 4.69) is 10.3 Å². The van der Waals surface area contributed by atoms with Crippen LogP contribution in [0.2, 0.25) is 5.02 Å². The van der Waals surface area contributed by atoms with Gasteiger partial charge in [0.05, 0.1) is 34.9 Å². The summed E-state index contributed by atoms with van der Waals surface area (Å²) in [4.78, 5) is 15.1. The van der Waals surface area contributed by atoms with Crippen molar-refractivity contribution in [1.82, 2.24) is 4.98 Å². The lowest BCUT2D eigenvalue weighted by Crippen LogP contribution is -2.24. The van der Waals surface area contributed by atoms with E-state index in [1.807, 2.05) is 0 Å². The predicted octanol–water partition coefficient (Wildman–Crippen LogP) is 4.02. The number of ether oxygens (including phenoxy) is 1. The Kier molecular flexibility index (Phi) is 4.84. The summed E-state index contributed by atoms with van der Waals surface area (Å²) in [5, 5.41) is 14.5. The summed E-state index contributed by atoms with van der Waals surface area (Å²) in [5.74, 6) is -1.19. The molecule has 0 bridgehead atoms. The Hall–Kier alpha value is -3.00. The first-order valence-corrected chi connectivity index (χ1v) is 7.91. The highest BCUT2D eigenvalue weighted by atomic mass is 35.5. The van der Waals surface area contributed by atoms with Gasteiger partial charge >= 0.3 is 6.18 Å². The molecule has 0 saturated carbocycles. The van der Waals surface area contributed by atoms with Gasteiger partial charge in [0.1, 0.15) is 5.75 Å². The van der Waals surface area contributed by atoms with Crippen LogP contribution in [-0.2, 0) is 6.18 Å². The Bertz CT molecular complexity index is 1040. The number of alkyl halides is 3. The smallest absolute Gasteiger partial charge is 0.418 e. The summed E-state index contributed by atoms with van der Waals surface area (Å²) < 4.78 is 44.8. The lowest BCUT2D eigenvalue weighted by molar-refractivity contribution is -0.254. The molecule has 0 radical (unpaired) electrons. The van der Waals surface area contributed by atoms with Gasteiger partial charge in [0, 0.05) is 22.8 Å². The number of hydrogen-bond acceptors (Lipinski definition) is 5. The second-order valence-electron chi connectivity index (χ2n) is 5.51. The van der Waals surface area contributed by atoms with Crippen LogP contribution in [0, 0.1) is 0 Å². The zero-order valence-corrected chi connectivity index (χ0v) is 14.5. The molecule has 1 heterocycles. The van der Waals surface area contributed by atoms with Crippen LogP contribution >= 0.6 is 11.6 Å². The van der Waals surface area contributed by atoms with E-state index in [0.29, 0.717) is 11.4 Å². The lowest BCUT2D eigenvalue weighted by atomic mass is 10.0. The molecule has 1 N–H and O–H groups in total. The van der Waals surface area contributed by atoms with Gasteiger partial charge in [-0.15, -0.1) is 0 Å². The van der Waals surface area contributed by atoms with E-state index in [4.69, 9.17) is 16.3 Å². The molecule has 0 aliphatic heterocycles. The summed E-state index contributed by atoms with van der Waals surface area (Å²) in [7, 11) is 1.43. The number of nitrogens with one attached hydrogen (secondary N) is 1. The van der Waals surface area contributed by atoms with E-state index in [1.165, 1.54) is 31.4 Å². The van der Waals surface area contributed by atoms with Crippen molar-refractivity contribution in [3.05, 3.63) is 58.7 Å². The maximum Gasteiger partial charge on any atom is 0.418 e. The quantitative estimate of drug-likeness (QED) is 0.722. The van der Waals surface area contributed by atoms with Crippen LogP contribution in [-0.4, -0.2) is 18.1 Å². The fourth-order valence-corrected chi connectivity index (χ4v) is 2.89. The number of anilines is 2. The van der Waals surface area contributed by atoms with E-state index >= 15 is 0 Å². The van der Waals surface area contributed by atoms with Crippen molar-refractivity contribution in [2.45, 2.75) is 6.18 Å². The lowest BCUT2D eigenvalue weighted by Gasteiger charge is -2.18. The molecule has 140 valence electrons. The molecule has 27 heavy (non-hydrogen) atoms. The number of hydrogen-bond donors (Lipinski definition) is 1. The number of carboxylic acids is 1. The molecule has 0 saturated heterocycles. The van der Waals surface area contributed by atoms with Crippen LogP contribution in [0.3, 0.4) is 0 Å². The highest BCUT2D eigenvalue weighted by Crippen LogP contribution is 2.38. The van der Waals surface area contributed by atoms with Crippen LogP contribution in [0.25, 0.3) is 10.9 Å². The van der Waals surface area contributed by atoms with Gasteiger partial charge in [-0.25, -0.2) is 0 Å². The van der Waals surface area contributed by atoms with Crippen molar-refractivity contribution < 1.29 is 27.8 Å². The highest BCUT2D eigenvalue weighted by molar-refractivity contribution is 6.32. The molecule has 2 aromatic carbocycles. The number of benzene rings is 2. The molecule has 0 spiro atoms. The summed E-state index contributed by atoms with van der Waals surface area (Å²) in [5.41, 5.74) is -1.45. The molecule has 0 atom stereocenters. The summed E-state index contributed by atoms with van der Waals surface area (Å²) in [6, 6.07) is 7.94. The minimum Gasteiger partial charge on any atom is -0.545 e. The number of aromatic carboxylic acids is 1. The topological polar surface area (TPSA) is 74.3 Å². The monoisotopic (exact) mass is 395 g/mol. The van der Waals surface area contributed by atoms with E-state index in [0.717, 1.165) is 12.3 Å². The van der Waals surface area contributed by atoms with E-state index in [9.17, 15) is 23.1 Å². The third-order valence-corrected chi connectivity index (χ3v) is 4.14. The standard InChI is InChI=1S/C18H12ClF3N2O3/c1-27-14-6-5-9(7-13(14)19)24-15-10-3-2-4-12(18(20,21)22)16(10)23-8-11(15)17(25)26/h2-8H,1H3,(H,23,24)(H,25,26)/p-1. The number of fused-ring (bicyclic) bond motifs is 1. The van der Waals surface area contributed by atoms with Gasteiger partial charge in [0.15, 0.2) is 0 Å². The average molecular weight is 396 g/mol. The number of nitrogens with zero attached hydrogens (tertiary/aromatic N) is 1. The number of carbonyl (C=O) groups is 1. The molecular weight excluding hydrogens is 385 g/mol. The van der Waals surface area contributed by atoms with Crippen LogP contribution in [0.1, 0.15) is 15.9 Å². The number of carboxylic acid groups (broad SMARTS) is 1. The van der Waals surface area contributed by atoms with Gasteiger partial charge in [0.2, 0.25) is 0 Å². The number of methoxy groups -OCH3 is 1. The minimum absolute atomic E-state index is 0.0153. The molecule has 0 aliphatic rings. The fraction of sp³-hybridized carbons (Fsp3) is 0.111. The number of aromatic nitrogens is 1. The Morgan fingerprint density at radius 1 is 1.26 bits per heavy atom. The van der Waals surface area contributed by atoms with Gasteiger partial charge in [-0.05, 0) is 24.3 Å². The maximum absolute atomic E-state index is 13.3. The summed E-state index contributed by atoms with van der Waals surface area (Å²) in [6.07, 6.45) is -3.81. The van der Waals surface area contributed by atoms with E-state index in [1.54, 1.807) is 6.07 Å².